The Kier molecular flexibility index (Phi) is 4.66. The zero-order valence-electron chi connectivity index (χ0n) is 10.3. The third kappa shape index (κ3) is 3.61. The Morgan fingerprint density at radius 1 is 1.42 bits per heavy atom. The van der Waals surface area contributed by atoms with Crippen LogP contribution in [0.1, 0.15) is 23.2 Å². The lowest BCUT2D eigenvalue weighted by molar-refractivity contribution is 0.0691. The third-order valence-corrected chi connectivity index (χ3v) is 4.71. The number of carbonyl (C=O) groups is 1. The molecule has 104 valence electrons. The van der Waals surface area contributed by atoms with E-state index in [-0.39, 0.29) is 0 Å². The van der Waals surface area contributed by atoms with Gasteiger partial charge in [-0.3, -0.25) is 4.21 Å². The first-order valence-electron chi connectivity index (χ1n) is 6.07. The van der Waals surface area contributed by atoms with Gasteiger partial charge in [0, 0.05) is 23.9 Å². The number of halogens is 1. The molecule has 1 aliphatic rings. The first-order valence-corrected chi connectivity index (χ1v) is 7.39. The van der Waals surface area contributed by atoms with Gasteiger partial charge in [-0.25, -0.2) is 9.18 Å². The van der Waals surface area contributed by atoms with E-state index < -0.39 is 28.1 Å². The highest BCUT2D eigenvalue weighted by Gasteiger charge is 2.19. The standard InChI is InChI=1S/C13H15FO4S/c14-12-2-1-10(7-11(12)13(15)16)19(17)8-9-3-5-18-6-4-9/h1-2,7,9H,3-6,8H2,(H,15,16). The number of carboxylic acids is 1. The highest BCUT2D eigenvalue weighted by Crippen LogP contribution is 2.20. The molecule has 0 radical (unpaired) electrons. The maximum Gasteiger partial charge on any atom is 0.338 e. The van der Waals surface area contributed by atoms with Crippen molar-refractivity contribution in [3.63, 3.8) is 0 Å². The summed E-state index contributed by atoms with van der Waals surface area (Å²) in [4.78, 5) is 11.2. The molecular formula is C13H15FO4S. The second kappa shape index (κ2) is 6.25. The van der Waals surface area contributed by atoms with E-state index >= 15 is 0 Å². The average Bonchev–Trinajstić information content (AvgIpc) is 2.40. The normalized spacial score (nSPS) is 18.2. The molecule has 1 aliphatic heterocycles. The number of aromatic carboxylic acids is 1. The average molecular weight is 286 g/mol. The van der Waals surface area contributed by atoms with Crippen LogP contribution in [0, 0.1) is 11.7 Å². The van der Waals surface area contributed by atoms with Gasteiger partial charge in [0.05, 0.1) is 16.4 Å². The van der Waals surface area contributed by atoms with Gasteiger partial charge in [-0.05, 0) is 37.0 Å². The summed E-state index contributed by atoms with van der Waals surface area (Å²) in [6.07, 6.45) is 1.72. The highest BCUT2D eigenvalue weighted by atomic mass is 32.2. The van der Waals surface area contributed by atoms with Gasteiger partial charge in [0.15, 0.2) is 0 Å². The molecule has 1 fully saturated rings. The number of benzene rings is 1. The van der Waals surface area contributed by atoms with Crippen LogP contribution in [0.3, 0.4) is 0 Å². The van der Waals surface area contributed by atoms with E-state index in [2.05, 4.69) is 0 Å². The molecule has 1 atom stereocenters. The Labute approximate surface area is 113 Å². The van der Waals surface area contributed by atoms with Crippen molar-refractivity contribution in [3.8, 4) is 0 Å². The lowest BCUT2D eigenvalue weighted by atomic mass is 10.0. The molecule has 0 amide bonds. The van der Waals surface area contributed by atoms with Crippen molar-refractivity contribution in [1.82, 2.24) is 0 Å². The summed E-state index contributed by atoms with van der Waals surface area (Å²) in [5.74, 6) is -1.37. The van der Waals surface area contributed by atoms with Crippen molar-refractivity contribution < 1.29 is 23.2 Å². The Balaban J connectivity index is 2.10. The molecule has 0 aromatic heterocycles. The van der Waals surface area contributed by atoms with E-state index in [4.69, 9.17) is 9.84 Å². The molecule has 1 aromatic carbocycles. The summed E-state index contributed by atoms with van der Waals surface area (Å²) in [6.45, 7) is 1.34. The van der Waals surface area contributed by atoms with Crippen LogP contribution < -0.4 is 0 Å². The van der Waals surface area contributed by atoms with Crippen molar-refractivity contribution in [2.75, 3.05) is 19.0 Å². The monoisotopic (exact) mass is 286 g/mol. The predicted molar refractivity (Wildman–Crippen MR) is 68.2 cm³/mol. The van der Waals surface area contributed by atoms with Crippen molar-refractivity contribution in [2.45, 2.75) is 17.7 Å². The Morgan fingerprint density at radius 2 is 2.11 bits per heavy atom. The lowest BCUT2D eigenvalue weighted by Crippen LogP contribution is -2.21. The summed E-state index contributed by atoms with van der Waals surface area (Å²) in [7, 11) is -1.30. The Morgan fingerprint density at radius 3 is 2.74 bits per heavy atom. The number of hydrogen-bond donors (Lipinski definition) is 1. The molecule has 19 heavy (non-hydrogen) atoms. The molecule has 1 heterocycles. The molecule has 6 heteroatoms. The van der Waals surface area contributed by atoms with Crippen LogP contribution in [0.5, 0.6) is 0 Å². The van der Waals surface area contributed by atoms with Crippen LogP contribution in [0.15, 0.2) is 23.1 Å². The van der Waals surface area contributed by atoms with Crippen LogP contribution in [0.4, 0.5) is 4.39 Å². The Hall–Kier alpha value is -1.27. The molecule has 0 bridgehead atoms. The largest absolute Gasteiger partial charge is 0.478 e. The fraction of sp³-hybridized carbons (Fsp3) is 0.462. The van der Waals surface area contributed by atoms with Gasteiger partial charge in [-0.15, -0.1) is 0 Å². The van der Waals surface area contributed by atoms with E-state index in [9.17, 15) is 13.4 Å². The second-order valence-electron chi connectivity index (χ2n) is 4.51. The summed E-state index contributed by atoms with van der Waals surface area (Å²) < 4.78 is 30.6. The van der Waals surface area contributed by atoms with E-state index in [0.29, 0.717) is 29.8 Å². The summed E-state index contributed by atoms with van der Waals surface area (Å²) in [5, 5.41) is 8.84. The maximum atomic E-state index is 13.2. The van der Waals surface area contributed by atoms with Gasteiger partial charge in [0.2, 0.25) is 0 Å². The number of carboxylic acid groups (broad SMARTS) is 1. The predicted octanol–water partition coefficient (Wildman–Crippen LogP) is 2.06. The van der Waals surface area contributed by atoms with Gasteiger partial charge < -0.3 is 9.84 Å². The van der Waals surface area contributed by atoms with Crippen LogP contribution in [0.25, 0.3) is 0 Å². The first-order chi connectivity index (χ1) is 9.08. The SMILES string of the molecule is O=C(O)c1cc(S(=O)CC2CCOCC2)ccc1F. The van der Waals surface area contributed by atoms with E-state index in [1.807, 2.05) is 0 Å². The fourth-order valence-corrected chi connectivity index (χ4v) is 3.46. The van der Waals surface area contributed by atoms with Gasteiger partial charge in [0.25, 0.3) is 0 Å². The molecular weight excluding hydrogens is 271 g/mol. The number of rotatable bonds is 4. The topological polar surface area (TPSA) is 63.6 Å². The van der Waals surface area contributed by atoms with E-state index in [0.717, 1.165) is 25.0 Å². The van der Waals surface area contributed by atoms with Crippen LogP contribution in [0.2, 0.25) is 0 Å². The van der Waals surface area contributed by atoms with Crippen LogP contribution in [-0.4, -0.2) is 34.3 Å². The van der Waals surface area contributed by atoms with Crippen molar-refractivity contribution in [1.29, 1.82) is 0 Å². The molecule has 0 saturated carbocycles. The third-order valence-electron chi connectivity index (χ3n) is 3.16. The smallest absolute Gasteiger partial charge is 0.338 e. The second-order valence-corrected chi connectivity index (χ2v) is 6.01. The van der Waals surface area contributed by atoms with Crippen molar-refractivity contribution in [2.24, 2.45) is 5.92 Å². The molecule has 0 aliphatic carbocycles. The summed E-state index contributed by atoms with van der Waals surface area (Å²) in [5.41, 5.74) is -0.433. The zero-order valence-corrected chi connectivity index (χ0v) is 11.1. The minimum atomic E-state index is -1.34. The van der Waals surface area contributed by atoms with Crippen molar-refractivity contribution >= 4 is 16.8 Å². The number of ether oxygens (including phenoxy) is 1. The molecule has 1 unspecified atom stereocenters. The zero-order chi connectivity index (χ0) is 13.8. The molecule has 2 rings (SSSR count). The quantitative estimate of drug-likeness (QED) is 0.920. The minimum Gasteiger partial charge on any atom is -0.478 e. The van der Waals surface area contributed by atoms with Gasteiger partial charge in [0.1, 0.15) is 5.82 Å². The van der Waals surface area contributed by atoms with E-state index in [1.165, 1.54) is 6.07 Å². The Bertz CT molecular complexity index is 497. The molecule has 1 saturated heterocycles. The van der Waals surface area contributed by atoms with E-state index in [1.54, 1.807) is 0 Å². The fourth-order valence-electron chi connectivity index (χ4n) is 2.03. The van der Waals surface area contributed by atoms with Gasteiger partial charge >= 0.3 is 5.97 Å². The first kappa shape index (κ1) is 14.1. The molecule has 1 aromatic rings. The highest BCUT2D eigenvalue weighted by molar-refractivity contribution is 7.85. The van der Waals surface area contributed by atoms with Crippen molar-refractivity contribution in [3.05, 3.63) is 29.6 Å². The van der Waals surface area contributed by atoms with Gasteiger partial charge in [-0.1, -0.05) is 0 Å². The van der Waals surface area contributed by atoms with Crippen LogP contribution >= 0.6 is 0 Å². The lowest BCUT2D eigenvalue weighted by Gasteiger charge is -2.21. The molecule has 4 nitrogen and oxygen atoms in total. The molecule has 0 spiro atoms. The number of hydrogen-bond acceptors (Lipinski definition) is 3. The minimum absolute atomic E-state index is 0.313. The van der Waals surface area contributed by atoms with Gasteiger partial charge in [-0.2, -0.15) is 0 Å². The maximum absolute atomic E-state index is 13.2. The van der Waals surface area contributed by atoms with Crippen LogP contribution in [-0.2, 0) is 15.5 Å². The summed E-state index contributed by atoms with van der Waals surface area (Å²) in [6, 6.07) is 3.60. The molecule has 1 N–H and O–H groups in total. The summed E-state index contributed by atoms with van der Waals surface area (Å²) >= 11 is 0.